The van der Waals surface area contributed by atoms with E-state index in [1.54, 1.807) is 4.57 Å². The van der Waals surface area contributed by atoms with Crippen LogP contribution in [0.4, 0.5) is 0 Å². The Morgan fingerprint density at radius 2 is 2.00 bits per heavy atom. The molecule has 3 rings (SSSR count). The van der Waals surface area contributed by atoms with E-state index in [4.69, 9.17) is 0 Å². The lowest BCUT2D eigenvalue weighted by Gasteiger charge is -2.11. The minimum absolute atomic E-state index is 0.0494. The van der Waals surface area contributed by atoms with Gasteiger partial charge >= 0.3 is 0 Å². The molecule has 1 aromatic carbocycles. The highest BCUT2D eigenvalue weighted by Crippen LogP contribution is 2.38. The van der Waals surface area contributed by atoms with Gasteiger partial charge in [0.1, 0.15) is 10.4 Å². The first-order valence-corrected chi connectivity index (χ1v) is 8.59. The maximum Gasteiger partial charge on any atom is 0.263 e. The van der Waals surface area contributed by atoms with Gasteiger partial charge in [-0.1, -0.05) is 38.1 Å². The van der Waals surface area contributed by atoms with E-state index >= 15 is 0 Å². The molecule has 0 saturated carbocycles. The summed E-state index contributed by atoms with van der Waals surface area (Å²) in [5.41, 5.74) is 2.51. The molecule has 0 aliphatic carbocycles. The summed E-state index contributed by atoms with van der Waals surface area (Å²) in [5.74, 6) is 0.308. The average molecular weight is 328 g/mol. The Balaban J connectivity index is 2.44. The van der Waals surface area contributed by atoms with Crippen molar-refractivity contribution in [2.24, 2.45) is 0 Å². The SMILES string of the molecule is CCn1c(=O)c(-c2ccccc2C)c(O)c2sc(C(C)C)nc21. The van der Waals surface area contributed by atoms with Crippen LogP contribution in [-0.4, -0.2) is 14.7 Å². The normalized spacial score (nSPS) is 11.5. The molecule has 1 N–H and O–H groups in total. The van der Waals surface area contributed by atoms with Gasteiger partial charge in [0.15, 0.2) is 5.65 Å². The van der Waals surface area contributed by atoms with E-state index in [-0.39, 0.29) is 17.2 Å². The van der Waals surface area contributed by atoms with E-state index in [1.165, 1.54) is 11.3 Å². The summed E-state index contributed by atoms with van der Waals surface area (Å²) in [6.07, 6.45) is 0. The molecule has 0 spiro atoms. The Morgan fingerprint density at radius 1 is 1.30 bits per heavy atom. The van der Waals surface area contributed by atoms with Crippen molar-refractivity contribution < 1.29 is 5.11 Å². The van der Waals surface area contributed by atoms with Crippen molar-refractivity contribution in [1.29, 1.82) is 0 Å². The van der Waals surface area contributed by atoms with E-state index in [2.05, 4.69) is 18.8 Å². The number of thiazole rings is 1. The van der Waals surface area contributed by atoms with Crippen LogP contribution in [0.2, 0.25) is 0 Å². The first-order valence-electron chi connectivity index (χ1n) is 7.77. The summed E-state index contributed by atoms with van der Waals surface area (Å²) in [4.78, 5) is 17.5. The molecule has 0 radical (unpaired) electrons. The molecule has 0 fully saturated rings. The Morgan fingerprint density at radius 3 is 2.61 bits per heavy atom. The molecule has 0 aliphatic heterocycles. The second-order valence-electron chi connectivity index (χ2n) is 5.95. The highest BCUT2D eigenvalue weighted by atomic mass is 32.1. The molecule has 3 aromatic rings. The van der Waals surface area contributed by atoms with E-state index < -0.39 is 0 Å². The van der Waals surface area contributed by atoms with Gasteiger partial charge in [-0.3, -0.25) is 9.36 Å². The lowest BCUT2D eigenvalue weighted by molar-refractivity contribution is 0.482. The second kappa shape index (κ2) is 5.81. The standard InChI is InChI=1S/C18H20N2O2S/c1-5-20-16-15(23-17(19-16)10(2)3)14(21)13(18(20)22)12-9-7-6-8-11(12)4/h6-10,21H,5H2,1-4H3. The molecule has 0 amide bonds. The Hall–Kier alpha value is -2.14. The smallest absolute Gasteiger partial charge is 0.263 e. The molecule has 5 heteroatoms. The first kappa shape index (κ1) is 15.7. The van der Waals surface area contributed by atoms with Gasteiger partial charge in [0.2, 0.25) is 0 Å². The zero-order chi connectivity index (χ0) is 16.7. The van der Waals surface area contributed by atoms with Crippen molar-refractivity contribution >= 4 is 21.7 Å². The van der Waals surface area contributed by atoms with Crippen LogP contribution in [0.15, 0.2) is 29.1 Å². The van der Waals surface area contributed by atoms with Gasteiger partial charge in [0.05, 0.1) is 10.6 Å². The molecule has 0 atom stereocenters. The van der Waals surface area contributed by atoms with Crippen molar-refractivity contribution in [1.82, 2.24) is 9.55 Å². The maximum absolute atomic E-state index is 12.9. The van der Waals surface area contributed by atoms with E-state index in [1.807, 2.05) is 38.1 Å². The average Bonchev–Trinajstić information content (AvgIpc) is 2.95. The number of hydrogen-bond acceptors (Lipinski definition) is 4. The fraction of sp³-hybridized carbons (Fsp3) is 0.333. The predicted molar refractivity (Wildman–Crippen MR) is 95.5 cm³/mol. The van der Waals surface area contributed by atoms with Crippen LogP contribution in [0.1, 0.15) is 37.3 Å². The van der Waals surface area contributed by atoms with Gasteiger partial charge in [-0.25, -0.2) is 4.98 Å². The molecule has 0 unspecified atom stereocenters. The molecule has 4 nitrogen and oxygen atoms in total. The first-order chi connectivity index (χ1) is 11.0. The molecule has 0 aliphatic rings. The fourth-order valence-electron chi connectivity index (χ4n) is 2.75. The summed E-state index contributed by atoms with van der Waals surface area (Å²) in [7, 11) is 0. The van der Waals surface area contributed by atoms with Crippen molar-refractivity contribution in [3.05, 3.63) is 45.2 Å². The number of aromatic hydroxyl groups is 1. The highest BCUT2D eigenvalue weighted by Gasteiger charge is 2.22. The van der Waals surface area contributed by atoms with Crippen LogP contribution >= 0.6 is 11.3 Å². The van der Waals surface area contributed by atoms with Gasteiger partial charge < -0.3 is 5.11 Å². The zero-order valence-electron chi connectivity index (χ0n) is 13.8. The van der Waals surface area contributed by atoms with Crippen molar-refractivity contribution in [3.63, 3.8) is 0 Å². The fourth-order valence-corrected chi connectivity index (χ4v) is 3.77. The summed E-state index contributed by atoms with van der Waals surface area (Å²) < 4.78 is 2.34. The molecule has 0 bridgehead atoms. The molecule has 120 valence electrons. The number of nitrogens with zero attached hydrogens (tertiary/aromatic N) is 2. The molecule has 2 aromatic heterocycles. The number of hydrogen-bond donors (Lipinski definition) is 1. The predicted octanol–water partition coefficient (Wildman–Crippen LogP) is 4.28. The second-order valence-corrected chi connectivity index (χ2v) is 6.98. The van der Waals surface area contributed by atoms with Crippen LogP contribution in [-0.2, 0) is 6.54 Å². The zero-order valence-corrected chi connectivity index (χ0v) is 14.6. The van der Waals surface area contributed by atoms with E-state index in [0.717, 1.165) is 16.1 Å². The third-order valence-electron chi connectivity index (χ3n) is 4.02. The minimum atomic E-state index is -0.188. The van der Waals surface area contributed by atoms with Gasteiger partial charge in [0.25, 0.3) is 5.56 Å². The third-order valence-corrected chi connectivity index (χ3v) is 5.37. The third kappa shape index (κ3) is 2.45. The van der Waals surface area contributed by atoms with Crippen molar-refractivity contribution in [2.45, 2.75) is 40.2 Å². The van der Waals surface area contributed by atoms with Crippen molar-refractivity contribution in [2.75, 3.05) is 0 Å². The van der Waals surface area contributed by atoms with Gasteiger partial charge in [-0.2, -0.15) is 0 Å². The number of fused-ring (bicyclic) bond motifs is 1. The largest absolute Gasteiger partial charge is 0.505 e. The molecule has 2 heterocycles. The molecular weight excluding hydrogens is 308 g/mol. The van der Waals surface area contributed by atoms with Gasteiger partial charge in [0, 0.05) is 12.5 Å². The van der Waals surface area contributed by atoms with Crippen LogP contribution in [0, 0.1) is 6.92 Å². The minimum Gasteiger partial charge on any atom is -0.505 e. The lowest BCUT2D eigenvalue weighted by atomic mass is 10.0. The monoisotopic (exact) mass is 328 g/mol. The summed E-state index contributed by atoms with van der Waals surface area (Å²) in [5, 5.41) is 11.7. The lowest BCUT2D eigenvalue weighted by Crippen LogP contribution is -2.21. The summed E-state index contributed by atoms with van der Waals surface area (Å²) >= 11 is 1.46. The molecule has 23 heavy (non-hydrogen) atoms. The molecular formula is C18H20N2O2S. The summed E-state index contributed by atoms with van der Waals surface area (Å²) in [6, 6.07) is 7.63. The Bertz CT molecular complexity index is 938. The quantitative estimate of drug-likeness (QED) is 0.780. The summed E-state index contributed by atoms with van der Waals surface area (Å²) in [6.45, 7) is 8.52. The van der Waals surface area contributed by atoms with Crippen LogP contribution in [0.25, 0.3) is 21.5 Å². The topological polar surface area (TPSA) is 55.1 Å². The van der Waals surface area contributed by atoms with Crippen LogP contribution < -0.4 is 5.56 Å². The number of aromatic nitrogens is 2. The van der Waals surface area contributed by atoms with E-state index in [0.29, 0.717) is 22.5 Å². The highest BCUT2D eigenvalue weighted by molar-refractivity contribution is 7.19. The number of aryl methyl sites for hydroxylation is 2. The van der Waals surface area contributed by atoms with Crippen LogP contribution in [0.3, 0.4) is 0 Å². The number of pyridine rings is 1. The Labute approximate surface area is 139 Å². The molecule has 0 saturated heterocycles. The van der Waals surface area contributed by atoms with Crippen LogP contribution in [0.5, 0.6) is 5.75 Å². The van der Waals surface area contributed by atoms with Gasteiger partial charge in [-0.05, 0) is 25.0 Å². The van der Waals surface area contributed by atoms with E-state index in [9.17, 15) is 9.90 Å². The number of rotatable bonds is 3. The maximum atomic E-state index is 12.9. The van der Waals surface area contributed by atoms with Crippen molar-refractivity contribution in [3.8, 4) is 16.9 Å². The van der Waals surface area contributed by atoms with Gasteiger partial charge in [-0.15, -0.1) is 11.3 Å². The number of benzene rings is 1. The Kier molecular flexibility index (Phi) is 3.98.